The van der Waals surface area contributed by atoms with Gasteiger partial charge in [0.25, 0.3) is 0 Å². The number of rotatable bonds is 7. The van der Waals surface area contributed by atoms with Crippen LogP contribution in [0.15, 0.2) is 60.7 Å². The van der Waals surface area contributed by atoms with Crippen LogP contribution >= 0.6 is 0 Å². The van der Waals surface area contributed by atoms with E-state index in [2.05, 4.69) is 80.4 Å². The molecular formula is C33H40N2O. The Bertz CT molecular complexity index is 1240. The lowest BCUT2D eigenvalue weighted by Crippen LogP contribution is -2.18. The number of hydrogen-bond donors (Lipinski definition) is 1. The predicted molar refractivity (Wildman–Crippen MR) is 154 cm³/mol. The summed E-state index contributed by atoms with van der Waals surface area (Å²) in [5, 5.41) is 0. The van der Waals surface area contributed by atoms with Gasteiger partial charge in [-0.25, -0.2) is 0 Å². The van der Waals surface area contributed by atoms with Gasteiger partial charge >= 0.3 is 0 Å². The van der Waals surface area contributed by atoms with E-state index in [0.717, 1.165) is 43.7 Å². The minimum Gasteiger partial charge on any atom is -0.490 e. The van der Waals surface area contributed by atoms with Crippen molar-refractivity contribution in [1.29, 1.82) is 0 Å². The number of ether oxygens (including phenoxy) is 1. The highest BCUT2D eigenvalue weighted by atomic mass is 16.5. The molecule has 3 heteroatoms. The quantitative estimate of drug-likeness (QED) is 0.348. The highest BCUT2D eigenvalue weighted by molar-refractivity contribution is 6.00. The van der Waals surface area contributed by atoms with Gasteiger partial charge in [0.15, 0.2) is 0 Å². The molecular weight excluding hydrogens is 440 g/mol. The first-order chi connectivity index (χ1) is 17.5. The summed E-state index contributed by atoms with van der Waals surface area (Å²) in [6.07, 6.45) is 9.65. The third-order valence-electron chi connectivity index (χ3n) is 7.84. The summed E-state index contributed by atoms with van der Waals surface area (Å²) in [5.41, 5.74) is 17.7. The lowest BCUT2D eigenvalue weighted by atomic mass is 9.87. The Morgan fingerprint density at radius 3 is 2.36 bits per heavy atom. The van der Waals surface area contributed by atoms with Crippen molar-refractivity contribution in [2.75, 3.05) is 24.2 Å². The molecule has 2 N–H and O–H groups in total. The maximum atomic E-state index is 6.27. The number of nitrogens with zero attached hydrogens (tertiary/aromatic N) is 1. The molecule has 1 saturated carbocycles. The summed E-state index contributed by atoms with van der Waals surface area (Å²) in [5.74, 6) is 0.984. The molecule has 3 aromatic rings. The van der Waals surface area contributed by atoms with E-state index < -0.39 is 0 Å². The average Bonchev–Trinajstić information content (AvgIpc) is 3.31. The molecule has 36 heavy (non-hydrogen) atoms. The second kappa shape index (κ2) is 10.8. The third-order valence-corrected chi connectivity index (χ3v) is 7.84. The second-order valence-electron chi connectivity index (χ2n) is 10.6. The number of fused-ring (bicyclic) bond motifs is 1. The third kappa shape index (κ3) is 5.16. The van der Waals surface area contributed by atoms with E-state index in [4.69, 9.17) is 10.5 Å². The van der Waals surface area contributed by atoms with Crippen molar-refractivity contribution in [3.63, 3.8) is 0 Å². The maximum Gasteiger partial charge on any atom is 0.119 e. The van der Waals surface area contributed by atoms with Crippen molar-refractivity contribution in [3.05, 3.63) is 88.5 Å². The van der Waals surface area contributed by atoms with Crippen LogP contribution in [0.2, 0.25) is 0 Å². The number of anilines is 2. The fourth-order valence-electron chi connectivity index (χ4n) is 6.05. The van der Waals surface area contributed by atoms with Gasteiger partial charge in [-0.05, 0) is 134 Å². The smallest absolute Gasteiger partial charge is 0.119 e. The van der Waals surface area contributed by atoms with Crippen molar-refractivity contribution in [2.24, 2.45) is 0 Å². The normalized spacial score (nSPS) is 16.1. The molecule has 0 heterocycles. The van der Waals surface area contributed by atoms with Crippen molar-refractivity contribution in [1.82, 2.24) is 0 Å². The first-order valence-corrected chi connectivity index (χ1v) is 13.7. The zero-order chi connectivity index (χ0) is 25.1. The molecule has 1 fully saturated rings. The summed E-state index contributed by atoms with van der Waals surface area (Å²) < 4.78 is 6.27. The van der Waals surface area contributed by atoms with E-state index in [-0.39, 0.29) is 0 Å². The summed E-state index contributed by atoms with van der Waals surface area (Å²) in [7, 11) is 2.19. The van der Waals surface area contributed by atoms with Crippen LogP contribution in [0.4, 0.5) is 11.4 Å². The fraction of sp³-hybridized carbons (Fsp3) is 0.394. The van der Waals surface area contributed by atoms with Crippen molar-refractivity contribution in [3.8, 4) is 5.75 Å². The molecule has 0 saturated heterocycles. The first-order valence-electron chi connectivity index (χ1n) is 13.7. The van der Waals surface area contributed by atoms with Gasteiger partial charge in [0.1, 0.15) is 5.75 Å². The van der Waals surface area contributed by atoms with E-state index in [1.54, 1.807) is 0 Å². The number of benzene rings is 3. The number of hydrogen-bond acceptors (Lipinski definition) is 3. The largest absolute Gasteiger partial charge is 0.490 e. The lowest BCUT2D eigenvalue weighted by molar-refractivity contribution is 0.210. The maximum absolute atomic E-state index is 6.27. The molecule has 0 spiro atoms. The molecule has 0 aromatic heterocycles. The van der Waals surface area contributed by atoms with Crippen LogP contribution in [0.5, 0.6) is 5.75 Å². The van der Waals surface area contributed by atoms with Gasteiger partial charge in [-0.2, -0.15) is 0 Å². The van der Waals surface area contributed by atoms with Crippen LogP contribution in [-0.2, 0) is 6.42 Å². The highest BCUT2D eigenvalue weighted by Crippen LogP contribution is 2.41. The Kier molecular flexibility index (Phi) is 7.36. The highest BCUT2D eigenvalue weighted by Gasteiger charge is 2.22. The van der Waals surface area contributed by atoms with Gasteiger partial charge in [0.2, 0.25) is 0 Å². The lowest BCUT2D eigenvalue weighted by Gasteiger charge is -2.22. The molecule has 0 bridgehead atoms. The van der Waals surface area contributed by atoms with E-state index in [9.17, 15) is 0 Å². The number of nitrogens with two attached hydrogens (primary N) is 1. The summed E-state index contributed by atoms with van der Waals surface area (Å²) in [4.78, 5) is 2.36. The Hall–Kier alpha value is -3.20. The minimum absolute atomic E-state index is 0.375. The standard InChI is InChI=1S/C33H40N2O/c1-4-20-35(3)32-19-14-26(21-23(32)2)30-11-7-8-25-22-27(34)15-18-31(25)33(30)24-12-16-29(17-13-24)36-28-9-5-6-10-28/h12-19,21-22,28H,4-11,20,34H2,1-3H3. The molecule has 0 radical (unpaired) electrons. The SMILES string of the molecule is CCCN(C)c1ccc(C2=C(c3ccc(OC4CCCC4)cc3)c3ccc(N)cc3CCC2)cc1C. The van der Waals surface area contributed by atoms with Gasteiger partial charge in [0, 0.05) is 25.0 Å². The Morgan fingerprint density at radius 2 is 1.64 bits per heavy atom. The monoisotopic (exact) mass is 480 g/mol. The fourth-order valence-corrected chi connectivity index (χ4v) is 6.05. The zero-order valence-electron chi connectivity index (χ0n) is 22.1. The van der Waals surface area contributed by atoms with Gasteiger partial charge < -0.3 is 15.4 Å². The van der Waals surface area contributed by atoms with E-state index in [1.165, 1.54) is 70.3 Å². The van der Waals surface area contributed by atoms with E-state index in [1.807, 2.05) is 6.07 Å². The van der Waals surface area contributed by atoms with Crippen molar-refractivity contribution >= 4 is 22.5 Å². The Balaban J connectivity index is 1.59. The Labute approximate surface area is 217 Å². The van der Waals surface area contributed by atoms with Gasteiger partial charge in [-0.1, -0.05) is 31.2 Å². The van der Waals surface area contributed by atoms with Crippen molar-refractivity contribution < 1.29 is 4.74 Å². The molecule has 0 aliphatic heterocycles. The number of nitrogen functional groups attached to an aromatic ring is 1. The summed E-state index contributed by atoms with van der Waals surface area (Å²) in [6, 6.07) is 22.3. The minimum atomic E-state index is 0.375. The molecule has 0 atom stereocenters. The topological polar surface area (TPSA) is 38.5 Å². The molecule has 2 aliphatic carbocycles. The predicted octanol–water partition coefficient (Wildman–Crippen LogP) is 8.04. The van der Waals surface area contributed by atoms with Gasteiger partial charge in [-0.15, -0.1) is 0 Å². The van der Waals surface area contributed by atoms with Gasteiger partial charge in [-0.3, -0.25) is 0 Å². The number of aryl methyl sites for hydroxylation is 2. The van der Waals surface area contributed by atoms with E-state index in [0.29, 0.717) is 6.10 Å². The molecule has 2 aliphatic rings. The zero-order valence-corrected chi connectivity index (χ0v) is 22.1. The van der Waals surface area contributed by atoms with Crippen molar-refractivity contribution in [2.45, 2.75) is 71.3 Å². The molecule has 0 unspecified atom stereocenters. The average molecular weight is 481 g/mol. The Morgan fingerprint density at radius 1 is 0.889 bits per heavy atom. The molecule has 5 rings (SSSR count). The summed E-state index contributed by atoms with van der Waals surface area (Å²) >= 11 is 0. The second-order valence-corrected chi connectivity index (χ2v) is 10.6. The number of allylic oxidation sites excluding steroid dienone is 1. The molecule has 0 amide bonds. The van der Waals surface area contributed by atoms with Crippen LogP contribution < -0.4 is 15.4 Å². The molecule has 3 aromatic carbocycles. The summed E-state index contributed by atoms with van der Waals surface area (Å²) in [6.45, 7) is 5.54. The molecule has 188 valence electrons. The van der Waals surface area contributed by atoms with Crippen LogP contribution in [-0.4, -0.2) is 19.7 Å². The van der Waals surface area contributed by atoms with Crippen LogP contribution in [0.1, 0.15) is 79.7 Å². The van der Waals surface area contributed by atoms with Crippen LogP contribution in [0.3, 0.4) is 0 Å². The van der Waals surface area contributed by atoms with Crippen LogP contribution in [0.25, 0.3) is 11.1 Å². The first kappa shape index (κ1) is 24.5. The van der Waals surface area contributed by atoms with Gasteiger partial charge in [0.05, 0.1) is 6.10 Å². The van der Waals surface area contributed by atoms with E-state index >= 15 is 0 Å². The van der Waals surface area contributed by atoms with Crippen LogP contribution in [0, 0.1) is 6.92 Å². The molecule has 3 nitrogen and oxygen atoms in total.